The van der Waals surface area contributed by atoms with E-state index in [0.717, 1.165) is 13.1 Å². The molecule has 0 spiro atoms. The predicted octanol–water partition coefficient (Wildman–Crippen LogP) is 1.52. The Morgan fingerprint density at radius 2 is 1.07 bits per heavy atom. The molecule has 0 amide bonds. The SMILES string of the molecule is CCCCCC[N-]CCCCCC.[Na+]. The first-order valence-corrected chi connectivity index (χ1v) is 6.05. The van der Waals surface area contributed by atoms with E-state index in [4.69, 9.17) is 0 Å². The van der Waals surface area contributed by atoms with Gasteiger partial charge in [0.05, 0.1) is 0 Å². The van der Waals surface area contributed by atoms with Gasteiger partial charge in [0, 0.05) is 0 Å². The zero-order valence-corrected chi connectivity index (χ0v) is 12.5. The summed E-state index contributed by atoms with van der Waals surface area (Å²) in [5, 5.41) is 4.51. The molecule has 0 radical (unpaired) electrons. The van der Waals surface area contributed by atoms with E-state index >= 15 is 0 Å². The van der Waals surface area contributed by atoms with Crippen molar-refractivity contribution in [3.63, 3.8) is 0 Å². The summed E-state index contributed by atoms with van der Waals surface area (Å²) >= 11 is 0. The number of rotatable bonds is 10. The smallest absolute Gasteiger partial charge is 0.662 e. The quantitative estimate of drug-likeness (QED) is 0.381. The standard InChI is InChI=1S/C12H26N.Na/c1-3-5-7-9-11-13-12-10-8-6-4-2;/h3-12H2,1-2H3;/q-1;+1. The Morgan fingerprint density at radius 1 is 0.643 bits per heavy atom. The second-order valence-electron chi connectivity index (χ2n) is 3.79. The molecule has 80 valence electrons. The Hall–Kier alpha value is 0.960. The summed E-state index contributed by atoms with van der Waals surface area (Å²) in [6.07, 6.45) is 10.8. The van der Waals surface area contributed by atoms with Crippen LogP contribution < -0.4 is 29.6 Å². The summed E-state index contributed by atoms with van der Waals surface area (Å²) in [6.45, 7) is 6.71. The monoisotopic (exact) mass is 207 g/mol. The molecule has 0 atom stereocenters. The van der Waals surface area contributed by atoms with E-state index in [-0.39, 0.29) is 29.6 Å². The molecule has 14 heavy (non-hydrogen) atoms. The minimum absolute atomic E-state index is 0. The first kappa shape index (κ1) is 17.4. The van der Waals surface area contributed by atoms with E-state index in [1.807, 2.05) is 0 Å². The Labute approximate surface area is 113 Å². The van der Waals surface area contributed by atoms with E-state index in [0.29, 0.717) is 0 Å². The first-order chi connectivity index (χ1) is 6.41. The van der Waals surface area contributed by atoms with Crippen molar-refractivity contribution in [3.8, 4) is 0 Å². The minimum atomic E-state index is 0. The van der Waals surface area contributed by atoms with Gasteiger partial charge in [-0.2, -0.15) is 0 Å². The second-order valence-corrected chi connectivity index (χ2v) is 3.79. The molecular weight excluding hydrogens is 181 g/mol. The molecule has 0 rings (SSSR count). The van der Waals surface area contributed by atoms with Crippen molar-refractivity contribution in [2.24, 2.45) is 0 Å². The fraction of sp³-hybridized carbons (Fsp3) is 1.00. The molecule has 0 aromatic heterocycles. The topological polar surface area (TPSA) is 14.1 Å². The molecule has 0 N–H and O–H groups in total. The summed E-state index contributed by atoms with van der Waals surface area (Å²) < 4.78 is 0. The van der Waals surface area contributed by atoms with Crippen LogP contribution >= 0.6 is 0 Å². The molecule has 0 heterocycles. The normalized spacial score (nSPS) is 9.86. The maximum atomic E-state index is 4.51. The van der Waals surface area contributed by atoms with Gasteiger partial charge >= 0.3 is 29.6 Å². The average molecular weight is 207 g/mol. The van der Waals surface area contributed by atoms with Crippen molar-refractivity contribution in [3.05, 3.63) is 5.32 Å². The van der Waals surface area contributed by atoms with Crippen molar-refractivity contribution in [1.29, 1.82) is 0 Å². The third kappa shape index (κ3) is 15.4. The van der Waals surface area contributed by atoms with Gasteiger partial charge in [0.2, 0.25) is 0 Å². The van der Waals surface area contributed by atoms with Crippen molar-refractivity contribution in [2.75, 3.05) is 13.1 Å². The van der Waals surface area contributed by atoms with Crippen LogP contribution in [0.4, 0.5) is 0 Å². The van der Waals surface area contributed by atoms with E-state index in [1.54, 1.807) is 0 Å². The zero-order valence-electron chi connectivity index (χ0n) is 10.5. The summed E-state index contributed by atoms with van der Waals surface area (Å²) in [6, 6.07) is 0. The summed E-state index contributed by atoms with van der Waals surface area (Å²) in [5.41, 5.74) is 0. The molecule has 0 aromatic rings. The fourth-order valence-electron chi connectivity index (χ4n) is 1.41. The molecule has 0 unspecified atom stereocenters. The van der Waals surface area contributed by atoms with Crippen LogP contribution in [0.3, 0.4) is 0 Å². The molecule has 1 nitrogen and oxygen atoms in total. The molecule has 0 aliphatic heterocycles. The molecule has 0 bridgehead atoms. The number of hydrogen-bond acceptors (Lipinski definition) is 0. The van der Waals surface area contributed by atoms with Crippen LogP contribution in [-0.2, 0) is 0 Å². The Morgan fingerprint density at radius 3 is 1.43 bits per heavy atom. The Bertz CT molecular complexity index is 76.4. The number of hydrogen-bond donors (Lipinski definition) is 0. The average Bonchev–Trinajstić information content (AvgIpc) is 2.16. The van der Waals surface area contributed by atoms with Gasteiger partial charge in [0.1, 0.15) is 0 Å². The van der Waals surface area contributed by atoms with Gasteiger partial charge in [0.15, 0.2) is 0 Å². The van der Waals surface area contributed by atoms with Gasteiger partial charge in [-0.15, -0.1) is 13.1 Å². The van der Waals surface area contributed by atoms with Crippen molar-refractivity contribution < 1.29 is 29.6 Å². The molecule has 0 aromatic carbocycles. The third-order valence-electron chi connectivity index (χ3n) is 2.34. The molecule has 2 heteroatoms. The van der Waals surface area contributed by atoms with Crippen LogP contribution in [0, 0.1) is 0 Å². The second kappa shape index (κ2) is 16.4. The van der Waals surface area contributed by atoms with Crippen LogP contribution in [0.1, 0.15) is 65.2 Å². The molecule has 0 aliphatic carbocycles. The van der Waals surface area contributed by atoms with Crippen LogP contribution in [0.5, 0.6) is 0 Å². The van der Waals surface area contributed by atoms with E-state index in [1.165, 1.54) is 51.4 Å². The summed E-state index contributed by atoms with van der Waals surface area (Å²) in [5.74, 6) is 0. The minimum Gasteiger partial charge on any atom is -0.662 e. The van der Waals surface area contributed by atoms with Gasteiger partial charge in [0.25, 0.3) is 0 Å². The first-order valence-electron chi connectivity index (χ1n) is 6.05. The number of unbranched alkanes of at least 4 members (excludes halogenated alkanes) is 6. The zero-order chi connectivity index (χ0) is 9.78. The molecule has 0 saturated carbocycles. The van der Waals surface area contributed by atoms with Gasteiger partial charge < -0.3 is 5.32 Å². The van der Waals surface area contributed by atoms with Gasteiger partial charge in [-0.25, -0.2) is 0 Å². The molecule has 0 fully saturated rings. The van der Waals surface area contributed by atoms with Gasteiger partial charge in [-0.3, -0.25) is 0 Å². The Kier molecular flexibility index (Phi) is 20.3. The van der Waals surface area contributed by atoms with E-state index in [2.05, 4.69) is 19.2 Å². The molecule has 0 aliphatic rings. The van der Waals surface area contributed by atoms with E-state index < -0.39 is 0 Å². The maximum Gasteiger partial charge on any atom is 1.00 e. The third-order valence-corrected chi connectivity index (χ3v) is 2.34. The molecule has 0 saturated heterocycles. The summed E-state index contributed by atoms with van der Waals surface area (Å²) in [7, 11) is 0. The van der Waals surface area contributed by atoms with Crippen LogP contribution in [-0.4, -0.2) is 13.1 Å². The van der Waals surface area contributed by atoms with Crippen LogP contribution in [0.25, 0.3) is 5.32 Å². The van der Waals surface area contributed by atoms with Crippen molar-refractivity contribution >= 4 is 0 Å². The van der Waals surface area contributed by atoms with Gasteiger partial charge in [-0.05, 0) is 0 Å². The largest absolute Gasteiger partial charge is 1.00 e. The molecular formula is C12H26NNa. The fourth-order valence-corrected chi connectivity index (χ4v) is 1.41. The van der Waals surface area contributed by atoms with E-state index in [9.17, 15) is 0 Å². The van der Waals surface area contributed by atoms with Crippen LogP contribution in [0.2, 0.25) is 0 Å². The summed E-state index contributed by atoms with van der Waals surface area (Å²) in [4.78, 5) is 0. The van der Waals surface area contributed by atoms with Crippen LogP contribution in [0.15, 0.2) is 0 Å². The number of nitrogens with zero attached hydrogens (tertiary/aromatic N) is 1. The van der Waals surface area contributed by atoms with Crippen molar-refractivity contribution in [2.45, 2.75) is 65.2 Å². The predicted molar refractivity (Wildman–Crippen MR) is 61.4 cm³/mol. The Balaban J connectivity index is 0. The van der Waals surface area contributed by atoms with Crippen molar-refractivity contribution in [1.82, 2.24) is 0 Å². The maximum absolute atomic E-state index is 4.51. The van der Waals surface area contributed by atoms with Gasteiger partial charge in [-0.1, -0.05) is 65.2 Å².